The van der Waals surface area contributed by atoms with Gasteiger partial charge in [0, 0.05) is 28.8 Å². The molecule has 3 heterocycles. The second-order valence-electron chi connectivity index (χ2n) is 7.74. The Labute approximate surface area is 161 Å². The summed E-state index contributed by atoms with van der Waals surface area (Å²) in [6, 6.07) is 1.70. The van der Waals surface area contributed by atoms with Gasteiger partial charge in [0.05, 0.1) is 12.6 Å². The molecule has 2 aromatic heterocycles. The van der Waals surface area contributed by atoms with E-state index in [-0.39, 0.29) is 12.6 Å². The largest absolute Gasteiger partial charge is 0.444 e. The molecular weight excluding hydrogens is 401 g/mol. The van der Waals surface area contributed by atoms with Gasteiger partial charge in [0.1, 0.15) is 17.4 Å². The number of likely N-dealkylation sites (tertiary alicyclic amines) is 1. The number of aryl methyl sites for hydroxylation is 1. The first kappa shape index (κ1) is 19.1. The molecule has 2 aromatic rings. The van der Waals surface area contributed by atoms with Crippen LogP contribution >= 0.6 is 15.9 Å². The lowest BCUT2D eigenvalue weighted by Gasteiger charge is -2.36. The number of rotatable bonds is 2. The second kappa shape index (κ2) is 7.18. The molecule has 0 spiro atoms. The standard InChI is InChI=1S/C19H25BrFN3O2/c1-5-12-10-24(17-14(12)8-13(20)9-22-17)16-6-7-23(11-15(16)21)18(25)26-19(2,3)4/h8-10,15-16H,5-7,11H2,1-4H3/t15-,16+/m0/s1. The van der Waals surface area contributed by atoms with Gasteiger partial charge in [0.2, 0.25) is 0 Å². The molecule has 1 amide bonds. The summed E-state index contributed by atoms with van der Waals surface area (Å²) >= 11 is 3.46. The lowest BCUT2D eigenvalue weighted by molar-refractivity contribution is 0.00704. The number of hydrogen-bond donors (Lipinski definition) is 0. The Hall–Kier alpha value is -1.63. The monoisotopic (exact) mass is 425 g/mol. The Bertz CT molecular complexity index is 815. The second-order valence-corrected chi connectivity index (χ2v) is 8.65. The third kappa shape index (κ3) is 3.87. The van der Waals surface area contributed by atoms with E-state index in [2.05, 4.69) is 27.8 Å². The number of fused-ring (bicyclic) bond motifs is 1. The van der Waals surface area contributed by atoms with Crippen LogP contribution in [0.2, 0.25) is 0 Å². The Balaban J connectivity index is 1.82. The van der Waals surface area contributed by atoms with Gasteiger partial charge in [-0.15, -0.1) is 0 Å². The van der Waals surface area contributed by atoms with Gasteiger partial charge in [0.25, 0.3) is 0 Å². The lowest BCUT2D eigenvalue weighted by atomic mass is 10.0. The number of pyridine rings is 1. The molecule has 0 saturated carbocycles. The minimum Gasteiger partial charge on any atom is -0.444 e. The van der Waals surface area contributed by atoms with Crippen LogP contribution in [0.15, 0.2) is 22.9 Å². The number of ether oxygens (including phenoxy) is 1. The van der Waals surface area contributed by atoms with E-state index >= 15 is 0 Å². The van der Waals surface area contributed by atoms with Crippen molar-refractivity contribution >= 4 is 33.1 Å². The average Bonchev–Trinajstić information content (AvgIpc) is 2.90. The number of carbonyl (C=O) groups is 1. The molecular formula is C19H25BrFN3O2. The number of aromatic nitrogens is 2. The fraction of sp³-hybridized carbons (Fsp3) is 0.579. The van der Waals surface area contributed by atoms with Crippen molar-refractivity contribution in [1.82, 2.24) is 14.5 Å². The molecule has 0 bridgehead atoms. The number of hydrogen-bond acceptors (Lipinski definition) is 3. The van der Waals surface area contributed by atoms with Gasteiger partial charge in [-0.3, -0.25) is 0 Å². The Morgan fingerprint density at radius 1 is 1.46 bits per heavy atom. The number of piperidine rings is 1. The summed E-state index contributed by atoms with van der Waals surface area (Å²) < 4.78 is 23.2. The van der Waals surface area contributed by atoms with Gasteiger partial charge >= 0.3 is 6.09 Å². The first-order valence-corrected chi connectivity index (χ1v) is 9.76. The number of halogens is 2. The highest BCUT2D eigenvalue weighted by Gasteiger charge is 2.35. The van der Waals surface area contributed by atoms with E-state index in [9.17, 15) is 9.18 Å². The highest BCUT2D eigenvalue weighted by atomic mass is 79.9. The van der Waals surface area contributed by atoms with Crippen LogP contribution in [0.1, 0.15) is 45.7 Å². The van der Waals surface area contributed by atoms with E-state index in [1.165, 1.54) is 4.90 Å². The van der Waals surface area contributed by atoms with Crippen LogP contribution < -0.4 is 0 Å². The van der Waals surface area contributed by atoms with Gasteiger partial charge in [-0.05, 0) is 61.2 Å². The number of nitrogens with zero attached hydrogens (tertiary/aromatic N) is 3. The molecule has 1 saturated heterocycles. The third-order valence-electron chi connectivity index (χ3n) is 4.62. The summed E-state index contributed by atoms with van der Waals surface area (Å²) in [7, 11) is 0. The van der Waals surface area contributed by atoms with E-state index in [0.717, 1.165) is 27.5 Å². The average molecular weight is 426 g/mol. The first-order chi connectivity index (χ1) is 12.2. The Morgan fingerprint density at radius 3 is 2.81 bits per heavy atom. The molecule has 0 aliphatic carbocycles. The molecule has 0 unspecified atom stereocenters. The predicted molar refractivity (Wildman–Crippen MR) is 103 cm³/mol. The fourth-order valence-electron chi connectivity index (χ4n) is 3.41. The Kier molecular flexibility index (Phi) is 5.28. The molecule has 1 aliphatic rings. The quantitative estimate of drug-likeness (QED) is 0.688. The van der Waals surface area contributed by atoms with Crippen molar-refractivity contribution in [2.75, 3.05) is 13.1 Å². The summed E-state index contributed by atoms with van der Waals surface area (Å²) in [4.78, 5) is 18.2. The normalized spacial score (nSPS) is 21.2. The molecule has 2 atom stereocenters. The molecule has 1 fully saturated rings. The summed E-state index contributed by atoms with van der Waals surface area (Å²) in [6.45, 7) is 8.03. The Morgan fingerprint density at radius 2 is 2.19 bits per heavy atom. The van der Waals surface area contributed by atoms with Crippen molar-refractivity contribution in [1.29, 1.82) is 0 Å². The summed E-state index contributed by atoms with van der Waals surface area (Å²) in [5, 5.41) is 1.05. The van der Waals surface area contributed by atoms with Crippen LogP contribution in [0.3, 0.4) is 0 Å². The van der Waals surface area contributed by atoms with Crippen LogP contribution in [0, 0.1) is 0 Å². The molecule has 5 nitrogen and oxygen atoms in total. The first-order valence-electron chi connectivity index (χ1n) is 8.96. The molecule has 0 N–H and O–H groups in total. The van der Waals surface area contributed by atoms with E-state index in [4.69, 9.17) is 4.74 Å². The van der Waals surface area contributed by atoms with Crippen molar-refractivity contribution < 1.29 is 13.9 Å². The SMILES string of the molecule is CCc1cn([C@@H]2CCN(C(=O)OC(C)(C)C)C[C@@H]2F)c2ncc(Br)cc12. The van der Waals surface area contributed by atoms with Crippen molar-refractivity contribution in [3.63, 3.8) is 0 Å². The number of carbonyl (C=O) groups excluding carboxylic acids is 1. The van der Waals surface area contributed by atoms with Crippen molar-refractivity contribution in [2.45, 2.75) is 58.4 Å². The van der Waals surface area contributed by atoms with Crippen LogP contribution in [-0.4, -0.2) is 45.4 Å². The summed E-state index contributed by atoms with van der Waals surface area (Å²) in [5.74, 6) is 0. The van der Waals surface area contributed by atoms with Crippen LogP contribution in [0.5, 0.6) is 0 Å². The molecule has 0 radical (unpaired) electrons. The highest BCUT2D eigenvalue weighted by molar-refractivity contribution is 9.10. The van der Waals surface area contributed by atoms with Crippen LogP contribution in [0.25, 0.3) is 11.0 Å². The topological polar surface area (TPSA) is 47.4 Å². The number of amides is 1. The highest BCUT2D eigenvalue weighted by Crippen LogP contribution is 2.32. The maximum Gasteiger partial charge on any atom is 0.410 e. The molecule has 142 valence electrons. The maximum absolute atomic E-state index is 15.0. The lowest BCUT2D eigenvalue weighted by Crippen LogP contribution is -2.47. The minimum atomic E-state index is -1.16. The van der Waals surface area contributed by atoms with Crippen LogP contribution in [-0.2, 0) is 11.2 Å². The van der Waals surface area contributed by atoms with Crippen molar-refractivity contribution in [3.05, 3.63) is 28.5 Å². The zero-order chi connectivity index (χ0) is 19.1. The van der Waals surface area contributed by atoms with E-state index in [0.29, 0.717) is 13.0 Å². The summed E-state index contributed by atoms with van der Waals surface area (Å²) in [5.41, 5.74) is 1.36. The zero-order valence-corrected chi connectivity index (χ0v) is 17.2. The van der Waals surface area contributed by atoms with Crippen molar-refractivity contribution in [3.8, 4) is 0 Å². The number of alkyl halides is 1. The molecule has 26 heavy (non-hydrogen) atoms. The fourth-order valence-corrected chi connectivity index (χ4v) is 3.74. The van der Waals surface area contributed by atoms with Gasteiger partial charge in [0.15, 0.2) is 0 Å². The molecule has 7 heteroatoms. The molecule has 3 rings (SSSR count). The summed E-state index contributed by atoms with van der Waals surface area (Å²) in [6.07, 6.45) is 3.51. The van der Waals surface area contributed by atoms with E-state index in [1.807, 2.05) is 37.6 Å². The smallest absolute Gasteiger partial charge is 0.410 e. The maximum atomic E-state index is 15.0. The van der Waals surface area contributed by atoms with Gasteiger partial charge < -0.3 is 14.2 Å². The zero-order valence-electron chi connectivity index (χ0n) is 15.6. The van der Waals surface area contributed by atoms with Gasteiger partial charge in [-0.1, -0.05) is 6.92 Å². The van der Waals surface area contributed by atoms with Gasteiger partial charge in [-0.25, -0.2) is 14.2 Å². The minimum absolute atomic E-state index is 0.0389. The van der Waals surface area contributed by atoms with Gasteiger partial charge in [-0.2, -0.15) is 0 Å². The van der Waals surface area contributed by atoms with Crippen LogP contribution in [0.4, 0.5) is 9.18 Å². The molecule has 1 aliphatic heterocycles. The third-order valence-corrected chi connectivity index (χ3v) is 5.05. The molecule has 0 aromatic carbocycles. The van der Waals surface area contributed by atoms with E-state index < -0.39 is 17.9 Å². The van der Waals surface area contributed by atoms with Crippen molar-refractivity contribution in [2.24, 2.45) is 0 Å². The van der Waals surface area contributed by atoms with E-state index in [1.54, 1.807) is 6.20 Å². The predicted octanol–water partition coefficient (Wildman–Crippen LogP) is 4.88.